The van der Waals surface area contributed by atoms with Crippen molar-refractivity contribution in [2.45, 2.75) is 13.1 Å². The Labute approximate surface area is 170 Å². The average molecular weight is 408 g/mol. The van der Waals surface area contributed by atoms with Crippen molar-refractivity contribution in [1.82, 2.24) is 25.2 Å². The van der Waals surface area contributed by atoms with Gasteiger partial charge in [-0.2, -0.15) is 0 Å². The number of nitrogens with zero attached hydrogens (tertiary/aromatic N) is 4. The van der Waals surface area contributed by atoms with Crippen molar-refractivity contribution in [2.24, 2.45) is 0 Å². The zero-order valence-electron chi connectivity index (χ0n) is 15.0. The smallest absolute Gasteiger partial charge is 0.280 e. The molecule has 2 aromatic heterocycles. The van der Waals surface area contributed by atoms with Gasteiger partial charge in [0.15, 0.2) is 0 Å². The SMILES string of the molecule is O=C(NCc1cncnc1)c1cnc2c(c1)C(=O)N(Cc1ccc(Cl)cc1)C2=O. The molecule has 4 rings (SSSR count). The van der Waals surface area contributed by atoms with Gasteiger partial charge < -0.3 is 5.32 Å². The van der Waals surface area contributed by atoms with Crippen LogP contribution in [0.1, 0.15) is 42.3 Å². The molecule has 0 unspecified atom stereocenters. The maximum atomic E-state index is 12.7. The summed E-state index contributed by atoms with van der Waals surface area (Å²) in [5, 5.41) is 3.27. The van der Waals surface area contributed by atoms with E-state index in [4.69, 9.17) is 11.6 Å². The van der Waals surface area contributed by atoms with Gasteiger partial charge in [0.25, 0.3) is 17.7 Å². The molecule has 144 valence electrons. The lowest BCUT2D eigenvalue weighted by atomic mass is 10.1. The van der Waals surface area contributed by atoms with E-state index in [9.17, 15) is 14.4 Å². The van der Waals surface area contributed by atoms with Crippen LogP contribution in [0.15, 0.2) is 55.2 Å². The number of pyridine rings is 1. The molecule has 9 heteroatoms. The third-order valence-corrected chi connectivity index (χ3v) is 4.65. The highest BCUT2D eigenvalue weighted by Gasteiger charge is 2.37. The minimum Gasteiger partial charge on any atom is -0.348 e. The molecule has 29 heavy (non-hydrogen) atoms. The molecule has 0 atom stereocenters. The number of amides is 3. The summed E-state index contributed by atoms with van der Waals surface area (Å²) in [5.41, 5.74) is 1.83. The van der Waals surface area contributed by atoms with Crippen LogP contribution in [0.25, 0.3) is 0 Å². The van der Waals surface area contributed by atoms with E-state index in [1.54, 1.807) is 36.7 Å². The summed E-state index contributed by atoms with van der Waals surface area (Å²) in [5.74, 6) is -1.40. The Hall–Kier alpha value is -3.65. The molecule has 8 nitrogen and oxygen atoms in total. The van der Waals surface area contributed by atoms with Crippen LogP contribution in [0.2, 0.25) is 5.02 Å². The molecule has 0 saturated heterocycles. The number of carbonyl (C=O) groups excluding carboxylic acids is 3. The monoisotopic (exact) mass is 407 g/mol. The maximum Gasteiger partial charge on any atom is 0.280 e. The second-order valence-electron chi connectivity index (χ2n) is 6.37. The predicted molar refractivity (Wildman–Crippen MR) is 103 cm³/mol. The third-order valence-electron chi connectivity index (χ3n) is 4.39. The first-order chi connectivity index (χ1) is 14.0. The number of halogens is 1. The van der Waals surface area contributed by atoms with Crippen molar-refractivity contribution in [1.29, 1.82) is 0 Å². The number of fused-ring (bicyclic) bond motifs is 1. The minimum absolute atomic E-state index is 0.0389. The van der Waals surface area contributed by atoms with Gasteiger partial charge in [0.1, 0.15) is 12.0 Å². The minimum atomic E-state index is -0.492. The highest BCUT2D eigenvalue weighted by Crippen LogP contribution is 2.24. The first kappa shape index (κ1) is 18.7. The Balaban J connectivity index is 1.50. The van der Waals surface area contributed by atoms with Crippen LogP contribution in [-0.2, 0) is 13.1 Å². The standard InChI is InChI=1S/C20H14ClN5O3/c21-15-3-1-12(2-4-15)10-26-19(28)16-5-14(9-24-17(16)20(26)29)18(27)25-8-13-6-22-11-23-7-13/h1-7,9,11H,8,10H2,(H,25,27). The van der Waals surface area contributed by atoms with Gasteiger partial charge in [-0.1, -0.05) is 23.7 Å². The van der Waals surface area contributed by atoms with E-state index >= 15 is 0 Å². The Morgan fingerprint density at radius 2 is 1.72 bits per heavy atom. The van der Waals surface area contributed by atoms with Crippen LogP contribution in [0, 0.1) is 0 Å². The largest absolute Gasteiger partial charge is 0.348 e. The molecule has 3 amide bonds. The highest BCUT2D eigenvalue weighted by molar-refractivity contribution is 6.30. The summed E-state index contributed by atoms with van der Waals surface area (Å²) >= 11 is 5.87. The summed E-state index contributed by atoms with van der Waals surface area (Å²) in [4.78, 5) is 50.6. The van der Waals surface area contributed by atoms with Gasteiger partial charge in [0, 0.05) is 35.7 Å². The molecule has 1 aliphatic rings. The van der Waals surface area contributed by atoms with Crippen LogP contribution in [0.4, 0.5) is 0 Å². The molecule has 3 aromatic rings. The lowest BCUT2D eigenvalue weighted by Crippen LogP contribution is -2.29. The fraction of sp³-hybridized carbons (Fsp3) is 0.100. The van der Waals surface area contributed by atoms with Gasteiger partial charge in [-0.05, 0) is 23.8 Å². The molecule has 3 heterocycles. The molecule has 0 radical (unpaired) electrons. The van der Waals surface area contributed by atoms with Gasteiger partial charge in [-0.3, -0.25) is 19.3 Å². The number of benzene rings is 1. The topological polar surface area (TPSA) is 105 Å². The van der Waals surface area contributed by atoms with Crippen molar-refractivity contribution in [3.05, 3.63) is 88.2 Å². The second kappa shape index (κ2) is 7.76. The Morgan fingerprint density at radius 1 is 1.00 bits per heavy atom. The van der Waals surface area contributed by atoms with Crippen molar-refractivity contribution < 1.29 is 14.4 Å². The van der Waals surface area contributed by atoms with E-state index in [0.717, 1.165) is 16.0 Å². The molecule has 1 N–H and O–H groups in total. The molecule has 0 bridgehead atoms. The maximum absolute atomic E-state index is 12.7. The number of aromatic nitrogens is 3. The van der Waals surface area contributed by atoms with Crippen molar-refractivity contribution in [3.63, 3.8) is 0 Å². The molecule has 0 fully saturated rings. The van der Waals surface area contributed by atoms with Crippen LogP contribution >= 0.6 is 11.6 Å². The van der Waals surface area contributed by atoms with E-state index in [1.807, 2.05) is 0 Å². The Morgan fingerprint density at radius 3 is 2.45 bits per heavy atom. The summed E-state index contributed by atoms with van der Waals surface area (Å²) in [7, 11) is 0. The van der Waals surface area contributed by atoms with Gasteiger partial charge in [0.05, 0.1) is 17.7 Å². The first-order valence-corrected chi connectivity index (χ1v) is 9.03. The van der Waals surface area contributed by atoms with Crippen LogP contribution < -0.4 is 5.32 Å². The number of hydrogen-bond donors (Lipinski definition) is 1. The van der Waals surface area contributed by atoms with Crippen LogP contribution in [-0.4, -0.2) is 37.6 Å². The molecule has 0 spiro atoms. The molecule has 1 aliphatic heterocycles. The average Bonchev–Trinajstić information content (AvgIpc) is 2.98. The number of carbonyl (C=O) groups is 3. The fourth-order valence-corrected chi connectivity index (χ4v) is 3.04. The number of hydrogen-bond acceptors (Lipinski definition) is 6. The lowest BCUT2D eigenvalue weighted by Gasteiger charge is -2.13. The quantitative estimate of drug-likeness (QED) is 0.650. The number of imide groups is 1. The van der Waals surface area contributed by atoms with Gasteiger partial charge >= 0.3 is 0 Å². The molecular weight excluding hydrogens is 394 g/mol. The van der Waals surface area contributed by atoms with Gasteiger partial charge in [0.2, 0.25) is 0 Å². The summed E-state index contributed by atoms with van der Waals surface area (Å²) in [6.45, 7) is 0.326. The van der Waals surface area contributed by atoms with E-state index in [-0.39, 0.29) is 29.9 Å². The number of rotatable bonds is 5. The predicted octanol–water partition coefficient (Wildman–Crippen LogP) is 2.25. The first-order valence-electron chi connectivity index (χ1n) is 8.65. The van der Waals surface area contributed by atoms with Crippen molar-refractivity contribution in [2.75, 3.05) is 0 Å². The zero-order valence-corrected chi connectivity index (χ0v) is 15.8. The van der Waals surface area contributed by atoms with Crippen molar-refractivity contribution in [3.8, 4) is 0 Å². The normalized spacial score (nSPS) is 12.8. The van der Waals surface area contributed by atoms with Crippen LogP contribution in [0.5, 0.6) is 0 Å². The van der Waals surface area contributed by atoms with Gasteiger partial charge in [-0.25, -0.2) is 15.0 Å². The molecular formula is C20H14ClN5O3. The second-order valence-corrected chi connectivity index (χ2v) is 6.81. The molecule has 0 saturated carbocycles. The van der Waals surface area contributed by atoms with E-state index in [0.29, 0.717) is 5.02 Å². The summed E-state index contributed by atoms with van der Waals surface area (Å²) in [6, 6.07) is 8.25. The summed E-state index contributed by atoms with van der Waals surface area (Å²) in [6.07, 6.45) is 5.86. The zero-order chi connectivity index (χ0) is 20.4. The Kier molecular flexibility index (Phi) is 5.01. The number of nitrogens with one attached hydrogen (secondary N) is 1. The third kappa shape index (κ3) is 3.83. The lowest BCUT2D eigenvalue weighted by molar-refractivity contribution is 0.0640. The highest BCUT2D eigenvalue weighted by atomic mass is 35.5. The van der Waals surface area contributed by atoms with E-state index in [2.05, 4.69) is 20.3 Å². The van der Waals surface area contributed by atoms with E-state index in [1.165, 1.54) is 18.6 Å². The molecule has 1 aromatic carbocycles. The van der Waals surface area contributed by atoms with E-state index < -0.39 is 17.7 Å². The van der Waals surface area contributed by atoms with Crippen molar-refractivity contribution >= 4 is 29.3 Å². The Bertz CT molecular complexity index is 1100. The van der Waals surface area contributed by atoms with Crippen LogP contribution in [0.3, 0.4) is 0 Å². The summed E-state index contributed by atoms with van der Waals surface area (Å²) < 4.78 is 0. The molecule has 0 aliphatic carbocycles. The van der Waals surface area contributed by atoms with Gasteiger partial charge in [-0.15, -0.1) is 0 Å². The fourth-order valence-electron chi connectivity index (χ4n) is 2.91.